The molecule has 0 bridgehead atoms. The molecule has 0 aromatic rings. The smallest absolute Gasteiger partial charge is 0.0273 e. The van der Waals surface area contributed by atoms with Gasteiger partial charge in [-0.2, -0.15) is 0 Å². The van der Waals surface area contributed by atoms with Crippen LogP contribution in [0.1, 0.15) is 52.4 Å². The first-order chi connectivity index (χ1) is 7.75. The summed E-state index contributed by atoms with van der Waals surface area (Å²) in [6.45, 7) is 7.07. The maximum absolute atomic E-state index is 2.59. The van der Waals surface area contributed by atoms with Crippen molar-refractivity contribution in [2.45, 2.75) is 57.6 Å². The van der Waals surface area contributed by atoms with E-state index in [0.29, 0.717) is 0 Å². The third-order valence-electron chi connectivity index (χ3n) is 3.80. The van der Waals surface area contributed by atoms with Gasteiger partial charge in [0.05, 0.1) is 0 Å². The van der Waals surface area contributed by atoms with E-state index in [-0.39, 0.29) is 0 Å². The third-order valence-corrected chi connectivity index (χ3v) is 5.20. The predicted molar refractivity (Wildman–Crippen MR) is 73.6 cm³/mol. The zero-order valence-corrected chi connectivity index (χ0v) is 11.6. The SMILES string of the molecule is CC(C)C1=CCN(SC2CCCCC2)CC1. The van der Waals surface area contributed by atoms with Crippen molar-refractivity contribution in [1.29, 1.82) is 0 Å². The van der Waals surface area contributed by atoms with Crippen molar-refractivity contribution < 1.29 is 0 Å². The highest BCUT2D eigenvalue weighted by Crippen LogP contribution is 2.32. The van der Waals surface area contributed by atoms with Crippen LogP contribution < -0.4 is 0 Å². The molecule has 0 spiro atoms. The number of hydrogen-bond donors (Lipinski definition) is 0. The highest BCUT2D eigenvalue weighted by Gasteiger charge is 2.20. The Bertz CT molecular complexity index is 241. The lowest BCUT2D eigenvalue weighted by atomic mass is 9.98. The van der Waals surface area contributed by atoms with Gasteiger partial charge in [0.2, 0.25) is 0 Å². The molecule has 1 heterocycles. The van der Waals surface area contributed by atoms with Gasteiger partial charge in [0.15, 0.2) is 0 Å². The summed E-state index contributed by atoms with van der Waals surface area (Å²) in [5.41, 5.74) is 1.67. The number of nitrogens with zero attached hydrogens (tertiary/aromatic N) is 1. The first-order valence-corrected chi connectivity index (χ1v) is 7.70. The standard InChI is InChI=1S/C14H25NS/c1-12(2)13-8-10-15(11-9-13)16-14-6-4-3-5-7-14/h8,12,14H,3-7,9-11H2,1-2H3. The van der Waals surface area contributed by atoms with Gasteiger partial charge in [0.1, 0.15) is 0 Å². The molecule has 0 amide bonds. The summed E-state index contributed by atoms with van der Waals surface area (Å²) in [5.74, 6) is 0.752. The van der Waals surface area contributed by atoms with Crippen LogP contribution in [0.3, 0.4) is 0 Å². The molecule has 0 N–H and O–H groups in total. The van der Waals surface area contributed by atoms with E-state index in [1.165, 1.54) is 51.6 Å². The van der Waals surface area contributed by atoms with E-state index >= 15 is 0 Å². The van der Waals surface area contributed by atoms with Gasteiger partial charge in [-0.15, -0.1) is 0 Å². The van der Waals surface area contributed by atoms with Crippen molar-refractivity contribution in [2.75, 3.05) is 13.1 Å². The van der Waals surface area contributed by atoms with Gasteiger partial charge in [0, 0.05) is 18.3 Å². The summed E-state index contributed by atoms with van der Waals surface area (Å²) in [7, 11) is 0. The molecule has 92 valence electrons. The molecule has 2 rings (SSSR count). The van der Waals surface area contributed by atoms with Crippen LogP contribution >= 0.6 is 11.9 Å². The van der Waals surface area contributed by atoms with Crippen molar-refractivity contribution in [3.8, 4) is 0 Å². The fraction of sp³-hybridized carbons (Fsp3) is 0.857. The molecule has 0 aromatic carbocycles. The minimum atomic E-state index is 0.752. The van der Waals surface area contributed by atoms with Crippen LogP contribution in [0.5, 0.6) is 0 Å². The molecule has 1 nitrogen and oxygen atoms in total. The van der Waals surface area contributed by atoms with E-state index in [9.17, 15) is 0 Å². The molecule has 1 saturated carbocycles. The normalized spacial score (nSPS) is 24.8. The third kappa shape index (κ3) is 3.53. The Morgan fingerprint density at radius 1 is 1.25 bits per heavy atom. The highest BCUT2D eigenvalue weighted by atomic mass is 32.2. The first-order valence-electron chi connectivity index (χ1n) is 6.86. The molecule has 1 fully saturated rings. The minimum absolute atomic E-state index is 0.752. The second kappa shape index (κ2) is 6.11. The Kier molecular flexibility index (Phi) is 4.78. The molecule has 0 saturated heterocycles. The fourth-order valence-corrected chi connectivity index (χ4v) is 3.99. The van der Waals surface area contributed by atoms with E-state index in [2.05, 4.69) is 36.2 Å². The van der Waals surface area contributed by atoms with E-state index in [1.807, 2.05) is 0 Å². The van der Waals surface area contributed by atoms with Crippen molar-refractivity contribution in [2.24, 2.45) is 5.92 Å². The van der Waals surface area contributed by atoms with Crippen molar-refractivity contribution in [1.82, 2.24) is 4.31 Å². The van der Waals surface area contributed by atoms with E-state index in [1.54, 1.807) is 5.57 Å². The second-order valence-corrected chi connectivity index (χ2v) is 6.83. The summed E-state index contributed by atoms with van der Waals surface area (Å²) in [6, 6.07) is 0. The maximum Gasteiger partial charge on any atom is 0.0273 e. The first kappa shape index (κ1) is 12.5. The molecule has 1 aliphatic heterocycles. The Morgan fingerprint density at radius 3 is 2.56 bits per heavy atom. The Labute approximate surface area is 105 Å². The van der Waals surface area contributed by atoms with Gasteiger partial charge < -0.3 is 0 Å². The van der Waals surface area contributed by atoms with Gasteiger partial charge in [-0.05, 0) is 25.2 Å². The minimum Gasteiger partial charge on any atom is -0.246 e. The molecule has 0 unspecified atom stereocenters. The van der Waals surface area contributed by atoms with Gasteiger partial charge >= 0.3 is 0 Å². The largest absolute Gasteiger partial charge is 0.246 e. The zero-order valence-electron chi connectivity index (χ0n) is 10.7. The molecule has 16 heavy (non-hydrogen) atoms. The zero-order chi connectivity index (χ0) is 11.4. The average Bonchev–Trinajstić information content (AvgIpc) is 2.31. The highest BCUT2D eigenvalue weighted by molar-refractivity contribution is 7.97. The van der Waals surface area contributed by atoms with Gasteiger partial charge in [-0.3, -0.25) is 0 Å². The van der Waals surface area contributed by atoms with Crippen LogP contribution in [-0.2, 0) is 0 Å². The lowest BCUT2D eigenvalue weighted by Gasteiger charge is -2.31. The van der Waals surface area contributed by atoms with Crippen molar-refractivity contribution in [3.63, 3.8) is 0 Å². The Balaban J connectivity index is 1.76. The Hall–Kier alpha value is 0.0500. The molecule has 0 radical (unpaired) electrons. The van der Waals surface area contributed by atoms with Gasteiger partial charge in [-0.1, -0.05) is 56.7 Å². The average molecular weight is 239 g/mol. The summed E-state index contributed by atoms with van der Waals surface area (Å²) in [6.07, 6.45) is 11.0. The molecule has 0 atom stereocenters. The quantitative estimate of drug-likeness (QED) is 0.535. The lowest BCUT2D eigenvalue weighted by molar-refractivity contribution is 0.458. The molecule has 0 aromatic heterocycles. The van der Waals surface area contributed by atoms with Crippen LogP contribution in [-0.4, -0.2) is 22.6 Å². The number of hydrogen-bond acceptors (Lipinski definition) is 2. The molecule has 1 aliphatic carbocycles. The van der Waals surface area contributed by atoms with Crippen LogP contribution in [0.2, 0.25) is 0 Å². The monoisotopic (exact) mass is 239 g/mol. The van der Waals surface area contributed by atoms with E-state index in [0.717, 1.165) is 11.2 Å². The number of rotatable bonds is 3. The molecule has 2 aliphatic rings. The summed E-state index contributed by atoms with van der Waals surface area (Å²) in [5, 5.41) is 0.919. The van der Waals surface area contributed by atoms with Crippen LogP contribution in [0.4, 0.5) is 0 Å². The van der Waals surface area contributed by atoms with Gasteiger partial charge in [-0.25, -0.2) is 4.31 Å². The topological polar surface area (TPSA) is 3.24 Å². The summed E-state index contributed by atoms with van der Waals surface area (Å²) < 4.78 is 2.59. The molecule has 2 heteroatoms. The van der Waals surface area contributed by atoms with Crippen molar-refractivity contribution in [3.05, 3.63) is 11.6 Å². The van der Waals surface area contributed by atoms with Gasteiger partial charge in [0.25, 0.3) is 0 Å². The van der Waals surface area contributed by atoms with Crippen molar-refractivity contribution >= 4 is 11.9 Å². The predicted octanol–water partition coefficient (Wildman–Crippen LogP) is 4.26. The maximum atomic E-state index is 2.59. The van der Waals surface area contributed by atoms with E-state index < -0.39 is 0 Å². The Morgan fingerprint density at radius 2 is 2.00 bits per heavy atom. The molecular formula is C14H25NS. The summed E-state index contributed by atoms with van der Waals surface area (Å²) in [4.78, 5) is 0. The summed E-state index contributed by atoms with van der Waals surface area (Å²) >= 11 is 2.14. The van der Waals surface area contributed by atoms with Crippen LogP contribution in [0, 0.1) is 5.92 Å². The van der Waals surface area contributed by atoms with Crippen LogP contribution in [0.15, 0.2) is 11.6 Å². The van der Waals surface area contributed by atoms with E-state index in [4.69, 9.17) is 0 Å². The molecular weight excluding hydrogens is 214 g/mol. The lowest BCUT2D eigenvalue weighted by Crippen LogP contribution is -2.27. The fourth-order valence-electron chi connectivity index (χ4n) is 2.67. The second-order valence-electron chi connectivity index (χ2n) is 5.44. The van der Waals surface area contributed by atoms with Crippen LogP contribution in [0.25, 0.3) is 0 Å².